The van der Waals surface area contributed by atoms with Crippen molar-refractivity contribution in [3.8, 4) is 0 Å². The summed E-state index contributed by atoms with van der Waals surface area (Å²) in [6, 6.07) is 11.9. The molecule has 0 aliphatic carbocycles. The van der Waals surface area contributed by atoms with Crippen molar-refractivity contribution in [3.05, 3.63) is 58.1 Å². The van der Waals surface area contributed by atoms with Crippen molar-refractivity contribution in [2.45, 2.75) is 17.1 Å². The first-order valence-electron chi connectivity index (χ1n) is 7.02. The van der Waals surface area contributed by atoms with Crippen LogP contribution in [0.25, 0.3) is 0 Å². The van der Waals surface area contributed by atoms with Gasteiger partial charge in [0.25, 0.3) is 5.91 Å². The molecular weight excluding hydrogens is 369 g/mol. The number of rotatable bonds is 5. The van der Waals surface area contributed by atoms with Crippen molar-refractivity contribution in [1.29, 1.82) is 0 Å². The largest absolute Gasteiger partial charge is 0.468 e. The van der Waals surface area contributed by atoms with E-state index in [9.17, 15) is 9.59 Å². The molecule has 1 unspecified atom stereocenters. The zero-order valence-electron chi connectivity index (χ0n) is 13.0. The van der Waals surface area contributed by atoms with Crippen molar-refractivity contribution < 1.29 is 14.3 Å². The number of carbonyl (C=O) groups excluding carboxylic acids is 2. The highest BCUT2D eigenvalue weighted by Crippen LogP contribution is 2.30. The van der Waals surface area contributed by atoms with Crippen LogP contribution in [0.4, 0.5) is 5.69 Å². The number of amides is 1. The Bertz CT molecular complexity index is 767. The lowest BCUT2D eigenvalue weighted by atomic mass is 10.2. The third kappa shape index (κ3) is 4.66. The summed E-state index contributed by atoms with van der Waals surface area (Å²) in [5, 5.41) is 3.16. The standard InChI is InChI=1S/C17H15Cl2NO3S/c1-10(17(22)23-2)24-15-6-4-3-5-12(15)16(21)20-14-8-7-11(18)9-13(14)19/h3-10H,1-2H3,(H,20,21). The van der Waals surface area contributed by atoms with E-state index in [1.54, 1.807) is 49.4 Å². The van der Waals surface area contributed by atoms with Gasteiger partial charge < -0.3 is 10.1 Å². The number of thioether (sulfide) groups is 1. The lowest BCUT2D eigenvalue weighted by Gasteiger charge is -2.13. The van der Waals surface area contributed by atoms with Gasteiger partial charge in [-0.25, -0.2) is 0 Å². The Hall–Kier alpha value is -1.69. The molecule has 0 heterocycles. The smallest absolute Gasteiger partial charge is 0.318 e. The monoisotopic (exact) mass is 383 g/mol. The van der Waals surface area contributed by atoms with Crippen LogP contribution in [0.15, 0.2) is 47.4 Å². The molecule has 1 atom stereocenters. The first-order chi connectivity index (χ1) is 11.4. The summed E-state index contributed by atoms with van der Waals surface area (Å²) in [5.41, 5.74) is 0.913. The van der Waals surface area contributed by atoms with Crippen LogP contribution in [0.2, 0.25) is 10.0 Å². The fourth-order valence-corrected chi connectivity index (χ4v) is 3.42. The van der Waals surface area contributed by atoms with Gasteiger partial charge in [0.15, 0.2) is 0 Å². The summed E-state index contributed by atoms with van der Waals surface area (Å²) in [6.45, 7) is 1.72. The number of carbonyl (C=O) groups is 2. The fraction of sp³-hybridized carbons (Fsp3) is 0.176. The average molecular weight is 384 g/mol. The van der Waals surface area contributed by atoms with Gasteiger partial charge in [-0.15, -0.1) is 11.8 Å². The first-order valence-corrected chi connectivity index (χ1v) is 8.66. The third-order valence-electron chi connectivity index (χ3n) is 3.15. The molecule has 0 aliphatic heterocycles. The lowest BCUT2D eigenvalue weighted by Crippen LogP contribution is -2.17. The van der Waals surface area contributed by atoms with Gasteiger partial charge >= 0.3 is 5.97 Å². The van der Waals surface area contributed by atoms with Crippen LogP contribution in [0.1, 0.15) is 17.3 Å². The third-order valence-corrected chi connectivity index (χ3v) is 4.85. The van der Waals surface area contributed by atoms with E-state index in [-0.39, 0.29) is 11.9 Å². The fourth-order valence-electron chi connectivity index (χ4n) is 1.94. The highest BCUT2D eigenvalue weighted by atomic mass is 35.5. The quantitative estimate of drug-likeness (QED) is 0.589. The van der Waals surface area contributed by atoms with Gasteiger partial charge in [-0.05, 0) is 37.3 Å². The molecule has 2 rings (SSSR count). The molecule has 24 heavy (non-hydrogen) atoms. The SMILES string of the molecule is COC(=O)C(C)Sc1ccccc1C(=O)Nc1ccc(Cl)cc1Cl. The summed E-state index contributed by atoms with van der Waals surface area (Å²) in [5.74, 6) is -0.671. The minimum atomic E-state index is -0.428. The van der Waals surface area contributed by atoms with E-state index in [1.807, 2.05) is 0 Å². The number of ether oxygens (including phenoxy) is 1. The Morgan fingerprint density at radius 1 is 1.17 bits per heavy atom. The molecule has 7 heteroatoms. The maximum Gasteiger partial charge on any atom is 0.318 e. The van der Waals surface area contributed by atoms with Crippen molar-refractivity contribution >= 4 is 52.5 Å². The van der Waals surface area contributed by atoms with Gasteiger partial charge in [0.2, 0.25) is 0 Å². The molecule has 2 aromatic carbocycles. The number of methoxy groups -OCH3 is 1. The molecule has 0 saturated carbocycles. The van der Waals surface area contributed by atoms with Gasteiger partial charge in [-0.1, -0.05) is 35.3 Å². The van der Waals surface area contributed by atoms with E-state index >= 15 is 0 Å². The topological polar surface area (TPSA) is 55.4 Å². The second-order valence-electron chi connectivity index (χ2n) is 4.86. The van der Waals surface area contributed by atoms with Gasteiger partial charge in [-0.2, -0.15) is 0 Å². The zero-order chi connectivity index (χ0) is 17.7. The van der Waals surface area contributed by atoms with Crippen LogP contribution in [-0.2, 0) is 9.53 Å². The van der Waals surface area contributed by atoms with Gasteiger partial charge in [0.05, 0.1) is 23.4 Å². The number of esters is 1. The molecule has 0 spiro atoms. The van der Waals surface area contributed by atoms with Crippen LogP contribution >= 0.6 is 35.0 Å². The second kappa shape index (κ2) is 8.42. The number of nitrogens with one attached hydrogen (secondary N) is 1. The van der Waals surface area contributed by atoms with E-state index in [0.717, 1.165) is 0 Å². The molecular formula is C17H15Cl2NO3S. The second-order valence-corrected chi connectivity index (χ2v) is 7.08. The number of hydrogen-bond donors (Lipinski definition) is 1. The van der Waals surface area contributed by atoms with Crippen LogP contribution in [0.5, 0.6) is 0 Å². The molecule has 0 aliphatic rings. The van der Waals surface area contributed by atoms with Crippen LogP contribution in [-0.4, -0.2) is 24.2 Å². The summed E-state index contributed by atoms with van der Waals surface area (Å²) in [7, 11) is 1.33. The van der Waals surface area contributed by atoms with Crippen molar-refractivity contribution in [2.75, 3.05) is 12.4 Å². The summed E-state index contributed by atoms with van der Waals surface area (Å²) in [4.78, 5) is 24.8. The molecule has 0 fully saturated rings. The number of halogens is 2. The zero-order valence-corrected chi connectivity index (χ0v) is 15.3. The van der Waals surface area contributed by atoms with Crippen LogP contribution in [0, 0.1) is 0 Å². The molecule has 126 valence electrons. The predicted octanol–water partition coefficient (Wildman–Crippen LogP) is 4.90. The molecule has 0 bridgehead atoms. The molecule has 2 aromatic rings. The van der Waals surface area contributed by atoms with Crippen molar-refractivity contribution in [3.63, 3.8) is 0 Å². The first kappa shape index (κ1) is 18.6. The van der Waals surface area contributed by atoms with Crippen LogP contribution in [0.3, 0.4) is 0 Å². The van der Waals surface area contributed by atoms with E-state index in [0.29, 0.717) is 26.2 Å². The van der Waals surface area contributed by atoms with E-state index in [4.69, 9.17) is 27.9 Å². The Labute approximate surface area is 154 Å². The Balaban J connectivity index is 2.22. The molecule has 4 nitrogen and oxygen atoms in total. The summed E-state index contributed by atoms with van der Waals surface area (Å²) in [6.07, 6.45) is 0. The maximum absolute atomic E-state index is 12.6. The normalized spacial score (nSPS) is 11.7. The molecule has 0 saturated heterocycles. The van der Waals surface area contributed by atoms with E-state index in [1.165, 1.54) is 18.9 Å². The van der Waals surface area contributed by atoms with Crippen LogP contribution < -0.4 is 5.32 Å². The van der Waals surface area contributed by atoms with E-state index in [2.05, 4.69) is 5.32 Å². The van der Waals surface area contributed by atoms with Gasteiger partial charge in [-0.3, -0.25) is 9.59 Å². The lowest BCUT2D eigenvalue weighted by molar-refractivity contribution is -0.139. The van der Waals surface area contributed by atoms with Gasteiger partial charge in [0, 0.05) is 9.92 Å². The Morgan fingerprint density at radius 3 is 2.54 bits per heavy atom. The number of hydrogen-bond acceptors (Lipinski definition) is 4. The number of anilines is 1. The summed E-state index contributed by atoms with van der Waals surface area (Å²) < 4.78 is 4.72. The Kier molecular flexibility index (Phi) is 6.54. The van der Waals surface area contributed by atoms with Crippen molar-refractivity contribution in [2.24, 2.45) is 0 Å². The highest BCUT2D eigenvalue weighted by Gasteiger charge is 2.19. The molecule has 0 aromatic heterocycles. The highest BCUT2D eigenvalue weighted by molar-refractivity contribution is 8.00. The predicted molar refractivity (Wildman–Crippen MR) is 98.2 cm³/mol. The minimum absolute atomic E-state index is 0.320. The molecule has 1 N–H and O–H groups in total. The minimum Gasteiger partial charge on any atom is -0.468 e. The number of benzene rings is 2. The summed E-state index contributed by atoms with van der Waals surface area (Å²) >= 11 is 13.2. The van der Waals surface area contributed by atoms with Gasteiger partial charge in [0.1, 0.15) is 5.25 Å². The maximum atomic E-state index is 12.6. The van der Waals surface area contributed by atoms with Crippen molar-refractivity contribution in [1.82, 2.24) is 0 Å². The van der Waals surface area contributed by atoms with E-state index < -0.39 is 5.25 Å². The average Bonchev–Trinajstić information content (AvgIpc) is 2.57. The molecule has 1 amide bonds. The Morgan fingerprint density at radius 2 is 1.88 bits per heavy atom. The molecule has 0 radical (unpaired) electrons.